The van der Waals surface area contributed by atoms with Gasteiger partial charge in [-0.2, -0.15) is 4.31 Å². The Morgan fingerprint density at radius 3 is 2.47 bits per heavy atom. The minimum atomic E-state index is -3.57. The summed E-state index contributed by atoms with van der Waals surface area (Å²) in [6, 6.07) is 7.32. The molecule has 30 heavy (non-hydrogen) atoms. The van der Waals surface area contributed by atoms with Gasteiger partial charge < -0.3 is 14.0 Å². The van der Waals surface area contributed by atoms with Crippen molar-refractivity contribution in [3.05, 3.63) is 47.3 Å². The fraction of sp³-hybridized carbons (Fsp3) is 0.500. The number of aromatic nitrogens is 1. The second-order valence-corrected chi connectivity index (χ2v) is 9.88. The van der Waals surface area contributed by atoms with Gasteiger partial charge in [-0.3, -0.25) is 0 Å². The number of esters is 1. The Morgan fingerprint density at radius 2 is 1.83 bits per heavy atom. The third kappa shape index (κ3) is 4.87. The van der Waals surface area contributed by atoms with E-state index in [0.29, 0.717) is 19.0 Å². The van der Waals surface area contributed by atoms with Crippen LogP contribution in [0.4, 0.5) is 0 Å². The molecule has 0 saturated carbocycles. The van der Waals surface area contributed by atoms with Gasteiger partial charge in [0.15, 0.2) is 0 Å². The van der Waals surface area contributed by atoms with E-state index in [4.69, 9.17) is 9.47 Å². The second kappa shape index (κ2) is 9.22. The lowest BCUT2D eigenvalue weighted by Crippen LogP contribution is -2.27. The van der Waals surface area contributed by atoms with Gasteiger partial charge in [-0.25, -0.2) is 13.2 Å². The number of rotatable bonds is 8. The van der Waals surface area contributed by atoms with Gasteiger partial charge in [0.25, 0.3) is 0 Å². The average Bonchev–Trinajstić information content (AvgIpc) is 3.35. The van der Waals surface area contributed by atoms with Crippen LogP contribution < -0.4 is 4.74 Å². The molecule has 2 heterocycles. The Hall–Kier alpha value is -2.32. The van der Waals surface area contributed by atoms with Crippen LogP contribution in [0.15, 0.2) is 35.4 Å². The summed E-state index contributed by atoms with van der Waals surface area (Å²) in [6.45, 7) is 7.67. The molecule has 0 unspecified atom stereocenters. The summed E-state index contributed by atoms with van der Waals surface area (Å²) in [4.78, 5) is 12.5. The van der Waals surface area contributed by atoms with Crippen LogP contribution in [0.3, 0.4) is 0 Å². The molecular formula is C22H30N2O5S. The van der Waals surface area contributed by atoms with Crippen molar-refractivity contribution in [2.75, 3.05) is 26.3 Å². The van der Waals surface area contributed by atoms with Crippen LogP contribution in [0.25, 0.3) is 0 Å². The molecule has 1 saturated heterocycles. The largest absolute Gasteiger partial charge is 0.490 e. The van der Waals surface area contributed by atoms with E-state index in [-0.39, 0.29) is 23.8 Å². The maximum absolute atomic E-state index is 12.7. The van der Waals surface area contributed by atoms with Crippen LogP contribution >= 0.6 is 0 Å². The molecule has 0 radical (unpaired) electrons. The van der Waals surface area contributed by atoms with E-state index in [9.17, 15) is 13.2 Å². The zero-order valence-electron chi connectivity index (χ0n) is 18.1. The summed E-state index contributed by atoms with van der Waals surface area (Å²) < 4.78 is 39.2. The molecule has 8 heteroatoms. The first-order valence-electron chi connectivity index (χ1n) is 10.3. The summed E-state index contributed by atoms with van der Waals surface area (Å²) in [5.74, 6) is 0.602. The summed E-state index contributed by atoms with van der Waals surface area (Å²) >= 11 is 0. The Morgan fingerprint density at radius 1 is 1.13 bits per heavy atom. The molecule has 1 aliphatic heterocycles. The molecule has 0 atom stereocenters. The van der Waals surface area contributed by atoms with Crippen molar-refractivity contribution in [1.29, 1.82) is 0 Å². The average molecular weight is 435 g/mol. The number of carbonyl (C=O) groups excluding carboxylic acids is 1. The zero-order valence-corrected chi connectivity index (χ0v) is 18.9. The topological polar surface area (TPSA) is 77.8 Å². The molecule has 0 spiro atoms. The Labute approximate surface area is 178 Å². The normalized spacial score (nSPS) is 15.0. The lowest BCUT2D eigenvalue weighted by atomic mass is 9.98. The number of benzene rings is 1. The lowest BCUT2D eigenvalue weighted by molar-refractivity contribution is 0.0439. The molecule has 2 aromatic rings. The number of hydrogen-bond acceptors (Lipinski definition) is 5. The van der Waals surface area contributed by atoms with E-state index < -0.39 is 16.0 Å². The zero-order chi connectivity index (χ0) is 21.9. The van der Waals surface area contributed by atoms with Gasteiger partial charge in [0.05, 0.1) is 0 Å². The monoisotopic (exact) mass is 434 g/mol. The van der Waals surface area contributed by atoms with Crippen molar-refractivity contribution in [1.82, 2.24) is 8.87 Å². The van der Waals surface area contributed by atoms with Crippen molar-refractivity contribution in [3.63, 3.8) is 0 Å². The highest BCUT2D eigenvalue weighted by molar-refractivity contribution is 7.89. The van der Waals surface area contributed by atoms with Gasteiger partial charge in [0, 0.05) is 26.3 Å². The molecule has 0 amide bonds. The van der Waals surface area contributed by atoms with Crippen molar-refractivity contribution in [2.24, 2.45) is 7.05 Å². The molecule has 1 aliphatic rings. The quantitative estimate of drug-likeness (QED) is 0.470. The van der Waals surface area contributed by atoms with Crippen molar-refractivity contribution < 1.29 is 22.7 Å². The minimum absolute atomic E-state index is 0.0726. The first-order valence-corrected chi connectivity index (χ1v) is 11.7. The summed E-state index contributed by atoms with van der Waals surface area (Å²) in [5, 5.41) is 0. The van der Waals surface area contributed by atoms with E-state index >= 15 is 0 Å². The number of nitrogens with zero attached hydrogens (tertiary/aromatic N) is 2. The predicted molar refractivity (Wildman–Crippen MR) is 114 cm³/mol. The van der Waals surface area contributed by atoms with Crippen LogP contribution in [0.2, 0.25) is 0 Å². The molecule has 0 bridgehead atoms. The Balaban J connectivity index is 1.55. The molecule has 0 aliphatic carbocycles. The van der Waals surface area contributed by atoms with E-state index in [1.807, 2.05) is 25.1 Å². The Kier molecular flexibility index (Phi) is 6.88. The maximum Gasteiger partial charge on any atom is 0.355 e. The van der Waals surface area contributed by atoms with Crippen LogP contribution in [0, 0.1) is 6.92 Å². The smallest absolute Gasteiger partial charge is 0.355 e. The van der Waals surface area contributed by atoms with Gasteiger partial charge in [-0.1, -0.05) is 19.9 Å². The van der Waals surface area contributed by atoms with E-state index in [1.54, 1.807) is 7.05 Å². The van der Waals surface area contributed by atoms with Gasteiger partial charge in [0.2, 0.25) is 10.0 Å². The highest BCUT2D eigenvalue weighted by Gasteiger charge is 2.29. The molecule has 1 aromatic carbocycles. The fourth-order valence-corrected chi connectivity index (χ4v) is 5.30. The first-order chi connectivity index (χ1) is 14.2. The number of carbonyl (C=O) groups is 1. The lowest BCUT2D eigenvalue weighted by Gasteiger charge is -2.13. The van der Waals surface area contributed by atoms with Crippen LogP contribution in [-0.4, -0.2) is 49.6 Å². The van der Waals surface area contributed by atoms with Gasteiger partial charge >= 0.3 is 5.97 Å². The first kappa shape index (κ1) is 22.4. The van der Waals surface area contributed by atoms with Crippen LogP contribution in [0.1, 0.15) is 54.2 Å². The molecular weight excluding hydrogens is 404 g/mol. The van der Waals surface area contributed by atoms with Gasteiger partial charge in [0.1, 0.15) is 29.6 Å². The number of aryl methyl sites for hydroxylation is 2. The molecule has 1 fully saturated rings. The van der Waals surface area contributed by atoms with Gasteiger partial charge in [-0.05, 0) is 55.0 Å². The number of hydrogen-bond donors (Lipinski definition) is 0. The minimum Gasteiger partial charge on any atom is -0.490 e. The Bertz CT molecular complexity index is 1000. The van der Waals surface area contributed by atoms with Gasteiger partial charge in [-0.15, -0.1) is 0 Å². The van der Waals surface area contributed by atoms with Crippen molar-refractivity contribution in [2.45, 2.75) is 44.4 Å². The van der Waals surface area contributed by atoms with Crippen molar-refractivity contribution >= 4 is 16.0 Å². The van der Waals surface area contributed by atoms with E-state index in [0.717, 1.165) is 24.2 Å². The summed E-state index contributed by atoms with van der Waals surface area (Å²) in [5.41, 5.74) is 2.64. The van der Waals surface area contributed by atoms with E-state index in [1.165, 1.54) is 26.7 Å². The number of sulfonamides is 1. The van der Waals surface area contributed by atoms with Crippen molar-refractivity contribution in [3.8, 4) is 5.75 Å². The second-order valence-electron chi connectivity index (χ2n) is 7.94. The van der Waals surface area contributed by atoms with E-state index in [2.05, 4.69) is 13.8 Å². The van der Waals surface area contributed by atoms with Crippen LogP contribution in [0.5, 0.6) is 5.75 Å². The maximum atomic E-state index is 12.7. The molecule has 1 aromatic heterocycles. The predicted octanol–water partition coefficient (Wildman–Crippen LogP) is 3.48. The molecule has 164 valence electrons. The standard InChI is InChI=1S/C22H30N2O5S/c1-16(2)20-8-7-18(13-17(20)3)28-11-12-29-22(25)21-14-19(15-23(21)4)30(26,27)24-9-5-6-10-24/h7-8,13-16H,5-6,9-12H2,1-4H3. The fourth-order valence-electron chi connectivity index (χ4n) is 3.71. The number of ether oxygens (including phenoxy) is 2. The highest BCUT2D eigenvalue weighted by atomic mass is 32.2. The highest BCUT2D eigenvalue weighted by Crippen LogP contribution is 2.24. The summed E-state index contributed by atoms with van der Waals surface area (Å²) in [6.07, 6.45) is 3.18. The van der Waals surface area contributed by atoms with Crippen LogP contribution in [-0.2, 0) is 21.8 Å². The molecule has 3 rings (SSSR count). The third-order valence-electron chi connectivity index (χ3n) is 5.34. The summed E-state index contributed by atoms with van der Waals surface area (Å²) in [7, 11) is -1.93. The third-order valence-corrected chi connectivity index (χ3v) is 7.20. The molecule has 7 nitrogen and oxygen atoms in total. The SMILES string of the molecule is Cc1cc(OCCOC(=O)c2cc(S(=O)(=O)N3CCCC3)cn2C)ccc1C(C)C. The molecule has 0 N–H and O–H groups in total.